The number of carbonyl (C=O) groups is 3. The standard InChI is InChI=1S/C59H114O6/c1-6-7-8-9-10-11-12-13-14-15-16-17-22-25-30-36-41-46-51-59(62)65-56(53-64-58(61)50-45-40-35-31-26-28-33-38-43-48-55(4)5)52-63-57(60)49-44-39-34-29-24-21-19-18-20-23-27-32-37-42-47-54(2)3/h54-56H,6-53H2,1-5H3/t56-/m1/s1. The molecule has 0 aliphatic heterocycles. The lowest BCUT2D eigenvalue weighted by molar-refractivity contribution is -0.167. The Morgan fingerprint density at radius 1 is 0.292 bits per heavy atom. The van der Waals surface area contributed by atoms with Crippen molar-refractivity contribution in [2.24, 2.45) is 11.8 Å². The second-order valence-electron chi connectivity index (χ2n) is 21.2. The van der Waals surface area contributed by atoms with Gasteiger partial charge in [0.05, 0.1) is 0 Å². The quantitative estimate of drug-likeness (QED) is 0.0344. The first kappa shape index (κ1) is 63.4. The van der Waals surface area contributed by atoms with Crippen molar-refractivity contribution in [2.45, 2.75) is 336 Å². The fraction of sp³-hybridized carbons (Fsp3) is 0.949. The Labute approximate surface area is 406 Å². The van der Waals surface area contributed by atoms with Crippen molar-refractivity contribution in [2.75, 3.05) is 13.2 Å². The minimum atomic E-state index is -0.763. The van der Waals surface area contributed by atoms with Crippen LogP contribution < -0.4 is 0 Å². The maximum absolute atomic E-state index is 12.9. The summed E-state index contributed by atoms with van der Waals surface area (Å²) in [7, 11) is 0. The number of esters is 3. The van der Waals surface area contributed by atoms with Gasteiger partial charge in [-0.2, -0.15) is 0 Å². The summed E-state index contributed by atoms with van der Waals surface area (Å²) in [5, 5.41) is 0. The van der Waals surface area contributed by atoms with Crippen molar-refractivity contribution in [3.8, 4) is 0 Å². The molecule has 0 aromatic carbocycles. The Kier molecular flexibility index (Phi) is 50.5. The Morgan fingerprint density at radius 2 is 0.508 bits per heavy atom. The molecule has 0 rings (SSSR count). The third-order valence-electron chi connectivity index (χ3n) is 13.5. The van der Waals surface area contributed by atoms with Crippen LogP contribution in [-0.4, -0.2) is 37.2 Å². The highest BCUT2D eigenvalue weighted by atomic mass is 16.6. The highest BCUT2D eigenvalue weighted by Crippen LogP contribution is 2.18. The predicted molar refractivity (Wildman–Crippen MR) is 280 cm³/mol. The van der Waals surface area contributed by atoms with Crippen LogP contribution >= 0.6 is 0 Å². The molecular weight excluding hydrogens is 805 g/mol. The zero-order valence-corrected chi connectivity index (χ0v) is 44.6. The summed E-state index contributed by atoms with van der Waals surface area (Å²) in [5.74, 6) is 0.813. The number of ether oxygens (including phenoxy) is 3. The molecule has 0 fully saturated rings. The van der Waals surface area contributed by atoms with E-state index in [2.05, 4.69) is 34.6 Å². The first-order valence-corrected chi connectivity index (χ1v) is 29.2. The SMILES string of the molecule is CCCCCCCCCCCCCCCCCCCCC(=O)O[C@H](COC(=O)CCCCCCCCCCCCCCCCC(C)C)COC(=O)CCCCCCCCCCCC(C)C. The van der Waals surface area contributed by atoms with Gasteiger partial charge in [-0.25, -0.2) is 0 Å². The molecule has 0 aliphatic carbocycles. The Morgan fingerprint density at radius 3 is 0.754 bits per heavy atom. The van der Waals surface area contributed by atoms with E-state index < -0.39 is 6.10 Å². The number of hydrogen-bond donors (Lipinski definition) is 0. The van der Waals surface area contributed by atoms with E-state index in [1.165, 1.54) is 218 Å². The molecular formula is C59H114O6. The van der Waals surface area contributed by atoms with E-state index in [0.717, 1.165) is 69.6 Å². The Balaban J connectivity index is 4.28. The summed E-state index contributed by atoms with van der Waals surface area (Å²) in [6.07, 6.45) is 55.3. The molecule has 0 heterocycles. The molecule has 0 N–H and O–H groups in total. The van der Waals surface area contributed by atoms with Crippen LogP contribution in [0, 0.1) is 11.8 Å². The molecule has 0 aliphatic rings. The molecule has 0 aromatic rings. The van der Waals surface area contributed by atoms with Gasteiger partial charge in [-0.05, 0) is 31.1 Å². The smallest absolute Gasteiger partial charge is 0.306 e. The summed E-state index contributed by atoms with van der Waals surface area (Å²) in [4.78, 5) is 38.1. The third kappa shape index (κ3) is 53.2. The molecule has 6 nitrogen and oxygen atoms in total. The maximum atomic E-state index is 12.9. The Hall–Kier alpha value is -1.59. The lowest BCUT2D eigenvalue weighted by Crippen LogP contribution is -2.30. The molecule has 0 saturated heterocycles. The van der Waals surface area contributed by atoms with Gasteiger partial charge in [-0.3, -0.25) is 14.4 Å². The molecule has 0 aromatic heterocycles. The summed E-state index contributed by atoms with van der Waals surface area (Å²) < 4.78 is 16.9. The first-order valence-electron chi connectivity index (χ1n) is 29.2. The second-order valence-corrected chi connectivity index (χ2v) is 21.2. The summed E-state index contributed by atoms with van der Waals surface area (Å²) in [6.45, 7) is 11.4. The number of hydrogen-bond acceptors (Lipinski definition) is 6. The van der Waals surface area contributed by atoms with E-state index in [0.29, 0.717) is 19.3 Å². The van der Waals surface area contributed by atoms with Crippen molar-refractivity contribution >= 4 is 17.9 Å². The minimum absolute atomic E-state index is 0.0629. The molecule has 0 bridgehead atoms. The van der Waals surface area contributed by atoms with Crippen molar-refractivity contribution < 1.29 is 28.6 Å². The van der Waals surface area contributed by atoms with E-state index in [9.17, 15) is 14.4 Å². The van der Waals surface area contributed by atoms with E-state index in [1.54, 1.807) is 0 Å². The molecule has 65 heavy (non-hydrogen) atoms. The van der Waals surface area contributed by atoms with Crippen LogP contribution in [0.3, 0.4) is 0 Å². The van der Waals surface area contributed by atoms with Gasteiger partial charge in [0, 0.05) is 19.3 Å². The normalized spacial score (nSPS) is 12.0. The molecule has 0 amide bonds. The molecule has 386 valence electrons. The van der Waals surface area contributed by atoms with Gasteiger partial charge in [-0.1, -0.05) is 291 Å². The molecule has 1 atom stereocenters. The Bertz CT molecular complexity index is 993. The van der Waals surface area contributed by atoms with Gasteiger partial charge in [-0.15, -0.1) is 0 Å². The predicted octanol–water partition coefficient (Wildman–Crippen LogP) is 19.3. The van der Waals surface area contributed by atoms with Gasteiger partial charge in [0.1, 0.15) is 13.2 Å². The van der Waals surface area contributed by atoms with Crippen LogP contribution in [0.1, 0.15) is 330 Å². The largest absolute Gasteiger partial charge is 0.462 e. The third-order valence-corrected chi connectivity index (χ3v) is 13.5. The topological polar surface area (TPSA) is 78.9 Å². The lowest BCUT2D eigenvalue weighted by atomic mass is 10.0. The van der Waals surface area contributed by atoms with Crippen LogP contribution in [-0.2, 0) is 28.6 Å². The van der Waals surface area contributed by atoms with Crippen molar-refractivity contribution in [1.82, 2.24) is 0 Å². The van der Waals surface area contributed by atoms with E-state index in [-0.39, 0.29) is 31.1 Å². The average Bonchev–Trinajstić information content (AvgIpc) is 3.28. The zero-order chi connectivity index (χ0) is 47.5. The molecule has 6 heteroatoms. The van der Waals surface area contributed by atoms with Crippen molar-refractivity contribution in [1.29, 1.82) is 0 Å². The van der Waals surface area contributed by atoms with Gasteiger partial charge in [0.15, 0.2) is 6.10 Å². The zero-order valence-electron chi connectivity index (χ0n) is 44.6. The van der Waals surface area contributed by atoms with Crippen LogP contribution in [0.4, 0.5) is 0 Å². The van der Waals surface area contributed by atoms with Gasteiger partial charge >= 0.3 is 17.9 Å². The van der Waals surface area contributed by atoms with Crippen LogP contribution in [0.5, 0.6) is 0 Å². The molecule has 0 radical (unpaired) electrons. The second kappa shape index (κ2) is 51.8. The minimum Gasteiger partial charge on any atom is -0.462 e. The molecule has 0 saturated carbocycles. The van der Waals surface area contributed by atoms with Crippen LogP contribution in [0.2, 0.25) is 0 Å². The summed E-state index contributed by atoms with van der Waals surface area (Å²) in [6, 6.07) is 0. The number of unbranched alkanes of at least 4 members (excludes halogenated alkanes) is 38. The summed E-state index contributed by atoms with van der Waals surface area (Å²) >= 11 is 0. The van der Waals surface area contributed by atoms with E-state index in [1.807, 2.05) is 0 Å². The van der Waals surface area contributed by atoms with Gasteiger partial charge in [0.2, 0.25) is 0 Å². The maximum Gasteiger partial charge on any atom is 0.306 e. The molecule has 0 spiro atoms. The van der Waals surface area contributed by atoms with Gasteiger partial charge < -0.3 is 14.2 Å². The molecule has 0 unspecified atom stereocenters. The van der Waals surface area contributed by atoms with Crippen molar-refractivity contribution in [3.05, 3.63) is 0 Å². The van der Waals surface area contributed by atoms with Gasteiger partial charge in [0.25, 0.3) is 0 Å². The highest BCUT2D eigenvalue weighted by Gasteiger charge is 2.19. The fourth-order valence-corrected chi connectivity index (χ4v) is 9.05. The highest BCUT2D eigenvalue weighted by molar-refractivity contribution is 5.71. The lowest BCUT2D eigenvalue weighted by Gasteiger charge is -2.18. The number of rotatable bonds is 53. The van der Waals surface area contributed by atoms with Crippen LogP contribution in [0.25, 0.3) is 0 Å². The van der Waals surface area contributed by atoms with E-state index in [4.69, 9.17) is 14.2 Å². The van der Waals surface area contributed by atoms with Crippen molar-refractivity contribution in [3.63, 3.8) is 0 Å². The summed E-state index contributed by atoms with van der Waals surface area (Å²) in [5.41, 5.74) is 0. The monoisotopic (exact) mass is 919 g/mol. The fourth-order valence-electron chi connectivity index (χ4n) is 9.05. The van der Waals surface area contributed by atoms with Crippen LogP contribution in [0.15, 0.2) is 0 Å². The average molecular weight is 920 g/mol. The van der Waals surface area contributed by atoms with E-state index >= 15 is 0 Å². The number of carbonyl (C=O) groups excluding carboxylic acids is 3. The first-order chi connectivity index (χ1) is 31.7.